The molecule has 0 unspecified atom stereocenters. The van der Waals surface area contributed by atoms with Crippen LogP contribution >= 0.6 is 0 Å². The summed E-state index contributed by atoms with van der Waals surface area (Å²) in [6, 6.07) is 19.1. The Morgan fingerprint density at radius 2 is 1.81 bits per heavy atom. The fourth-order valence-electron chi connectivity index (χ4n) is 3.16. The third-order valence-corrected chi connectivity index (χ3v) is 4.43. The molecule has 5 rings (SSSR count). The first-order valence-corrected chi connectivity index (χ1v) is 8.21. The zero-order valence-corrected chi connectivity index (χ0v) is 13.6. The number of aromatic amines is 1. The van der Waals surface area contributed by atoms with Gasteiger partial charge in [0.2, 0.25) is 0 Å². The van der Waals surface area contributed by atoms with Gasteiger partial charge in [-0.25, -0.2) is 9.97 Å². The molecule has 0 amide bonds. The summed E-state index contributed by atoms with van der Waals surface area (Å²) < 4.78 is 5.44. The molecule has 0 aliphatic heterocycles. The average molecular weight is 339 g/mol. The number of nitrogens with zero attached hydrogens (tertiary/aromatic N) is 2. The number of benzene rings is 2. The summed E-state index contributed by atoms with van der Waals surface area (Å²) in [5, 5.41) is 0.555. The van der Waals surface area contributed by atoms with E-state index in [2.05, 4.69) is 9.97 Å². The van der Waals surface area contributed by atoms with E-state index < -0.39 is 0 Å². The van der Waals surface area contributed by atoms with E-state index in [0.717, 1.165) is 27.9 Å². The maximum Gasteiger partial charge on any atom is 0.191 e. The van der Waals surface area contributed by atoms with Crippen LogP contribution in [-0.2, 0) is 0 Å². The van der Waals surface area contributed by atoms with Crippen LogP contribution in [0.1, 0.15) is 0 Å². The van der Waals surface area contributed by atoms with Gasteiger partial charge in [-0.2, -0.15) is 0 Å². The Labute approximate surface area is 148 Å². The Morgan fingerprint density at radius 1 is 0.923 bits per heavy atom. The molecule has 3 heterocycles. The number of fused-ring (bicyclic) bond motifs is 2. The van der Waals surface area contributed by atoms with Crippen LogP contribution in [-0.4, -0.2) is 15.0 Å². The van der Waals surface area contributed by atoms with Gasteiger partial charge in [-0.3, -0.25) is 4.79 Å². The van der Waals surface area contributed by atoms with Crippen LogP contribution in [0.2, 0.25) is 0 Å². The van der Waals surface area contributed by atoms with Crippen molar-refractivity contribution in [3.63, 3.8) is 0 Å². The lowest BCUT2D eigenvalue weighted by molar-refractivity contribution is 0.602. The molecular weight excluding hydrogens is 326 g/mol. The molecule has 3 aromatic heterocycles. The molecule has 5 aromatic rings. The molecule has 26 heavy (non-hydrogen) atoms. The molecule has 5 nitrogen and oxygen atoms in total. The lowest BCUT2D eigenvalue weighted by Gasteiger charge is -2.11. The summed E-state index contributed by atoms with van der Waals surface area (Å²) in [6.07, 6.45) is 3.04. The van der Waals surface area contributed by atoms with Gasteiger partial charge in [-0.15, -0.1) is 0 Å². The normalized spacial score (nSPS) is 11.2. The summed E-state index contributed by atoms with van der Waals surface area (Å²) in [6.45, 7) is 0. The summed E-state index contributed by atoms with van der Waals surface area (Å²) in [5.74, 6) is 0. The maximum atomic E-state index is 12.3. The van der Waals surface area contributed by atoms with E-state index in [4.69, 9.17) is 9.40 Å². The number of hydrogen-bond donors (Lipinski definition) is 1. The first-order valence-electron chi connectivity index (χ1n) is 8.21. The monoisotopic (exact) mass is 339 g/mol. The molecule has 0 spiro atoms. The van der Waals surface area contributed by atoms with Crippen molar-refractivity contribution in [2.45, 2.75) is 0 Å². The molecule has 2 aromatic carbocycles. The van der Waals surface area contributed by atoms with Crippen molar-refractivity contribution in [3.8, 4) is 22.4 Å². The van der Waals surface area contributed by atoms with Gasteiger partial charge < -0.3 is 9.40 Å². The Kier molecular flexibility index (Phi) is 3.18. The highest BCUT2D eigenvalue weighted by Crippen LogP contribution is 2.33. The van der Waals surface area contributed by atoms with Crippen molar-refractivity contribution in [1.29, 1.82) is 0 Å². The van der Waals surface area contributed by atoms with Crippen LogP contribution in [0.15, 0.2) is 82.5 Å². The van der Waals surface area contributed by atoms with E-state index in [1.54, 1.807) is 6.20 Å². The molecule has 5 heteroatoms. The molecule has 0 aliphatic carbocycles. The quantitative estimate of drug-likeness (QED) is 0.517. The van der Waals surface area contributed by atoms with Gasteiger partial charge in [0.05, 0.1) is 11.1 Å². The van der Waals surface area contributed by atoms with Gasteiger partial charge in [-0.05, 0) is 23.8 Å². The first kappa shape index (κ1) is 14.6. The highest BCUT2D eigenvalue weighted by Gasteiger charge is 2.14. The highest BCUT2D eigenvalue weighted by atomic mass is 16.3. The van der Waals surface area contributed by atoms with Crippen molar-refractivity contribution >= 4 is 22.1 Å². The number of aromatic nitrogens is 3. The zero-order chi connectivity index (χ0) is 17.5. The van der Waals surface area contributed by atoms with Crippen molar-refractivity contribution in [1.82, 2.24) is 15.0 Å². The van der Waals surface area contributed by atoms with Gasteiger partial charge >= 0.3 is 0 Å². The van der Waals surface area contributed by atoms with E-state index in [1.165, 1.54) is 12.5 Å². The van der Waals surface area contributed by atoms with Crippen LogP contribution in [0.3, 0.4) is 0 Å². The van der Waals surface area contributed by atoms with Gasteiger partial charge in [0.15, 0.2) is 17.4 Å². The second-order valence-corrected chi connectivity index (χ2v) is 6.02. The largest absolute Gasteiger partial charge is 0.443 e. The minimum Gasteiger partial charge on any atom is -0.443 e. The average Bonchev–Trinajstić information content (AvgIpc) is 3.16. The SMILES string of the molecule is O=c1cc[nH]c2nc(-c3ccccc3)c(-c3ccc4ncoc4c3)cc12. The first-order chi connectivity index (χ1) is 12.8. The summed E-state index contributed by atoms with van der Waals surface area (Å²) in [4.78, 5) is 24.3. The standard InChI is InChI=1S/C21H13N3O2/c25-18-8-9-22-21-16(18)11-15(20(24-21)13-4-2-1-3-5-13)14-6-7-17-19(10-14)26-12-23-17/h1-12H,(H,22,24,25). The van der Waals surface area contributed by atoms with Crippen molar-refractivity contribution in [2.24, 2.45) is 0 Å². The number of oxazole rings is 1. The van der Waals surface area contributed by atoms with Gasteiger partial charge in [0.1, 0.15) is 11.2 Å². The number of nitrogens with one attached hydrogen (secondary N) is 1. The Bertz CT molecular complexity index is 1300. The summed E-state index contributed by atoms with van der Waals surface area (Å²) in [5.41, 5.74) is 5.58. The molecule has 124 valence electrons. The van der Waals surface area contributed by atoms with Crippen LogP contribution < -0.4 is 5.43 Å². The fourth-order valence-corrected chi connectivity index (χ4v) is 3.16. The summed E-state index contributed by atoms with van der Waals surface area (Å²) in [7, 11) is 0. The predicted molar refractivity (Wildman–Crippen MR) is 101 cm³/mol. The number of rotatable bonds is 2. The highest BCUT2D eigenvalue weighted by molar-refractivity contribution is 5.92. The third kappa shape index (κ3) is 2.29. The van der Waals surface area contributed by atoms with Crippen molar-refractivity contribution < 1.29 is 4.42 Å². The lowest BCUT2D eigenvalue weighted by Crippen LogP contribution is -2.03. The number of pyridine rings is 2. The molecule has 0 radical (unpaired) electrons. The predicted octanol–water partition coefficient (Wildman–Crippen LogP) is 4.40. The van der Waals surface area contributed by atoms with Crippen LogP contribution in [0.5, 0.6) is 0 Å². The van der Waals surface area contributed by atoms with Gasteiger partial charge in [0.25, 0.3) is 0 Å². The van der Waals surface area contributed by atoms with Crippen molar-refractivity contribution in [2.75, 3.05) is 0 Å². The smallest absolute Gasteiger partial charge is 0.191 e. The Hall–Kier alpha value is -3.73. The van der Waals surface area contributed by atoms with E-state index in [0.29, 0.717) is 16.6 Å². The molecule has 0 saturated carbocycles. The molecule has 0 aliphatic rings. The van der Waals surface area contributed by atoms with Gasteiger partial charge in [0, 0.05) is 23.4 Å². The van der Waals surface area contributed by atoms with E-state index in [-0.39, 0.29) is 5.43 Å². The fraction of sp³-hybridized carbons (Fsp3) is 0. The van der Waals surface area contributed by atoms with Crippen LogP contribution in [0.4, 0.5) is 0 Å². The summed E-state index contributed by atoms with van der Waals surface area (Å²) >= 11 is 0. The minimum atomic E-state index is -0.0622. The van der Waals surface area contributed by atoms with Crippen LogP contribution in [0.25, 0.3) is 44.5 Å². The maximum absolute atomic E-state index is 12.3. The van der Waals surface area contributed by atoms with E-state index >= 15 is 0 Å². The Morgan fingerprint density at radius 3 is 2.69 bits per heavy atom. The van der Waals surface area contributed by atoms with E-state index in [9.17, 15) is 4.79 Å². The molecule has 0 saturated heterocycles. The molecule has 0 fully saturated rings. The molecule has 0 atom stereocenters. The Balaban J connectivity index is 1.86. The third-order valence-electron chi connectivity index (χ3n) is 4.43. The van der Waals surface area contributed by atoms with Gasteiger partial charge in [-0.1, -0.05) is 36.4 Å². The zero-order valence-electron chi connectivity index (χ0n) is 13.6. The second kappa shape index (κ2) is 5.67. The van der Waals surface area contributed by atoms with Crippen LogP contribution in [0, 0.1) is 0 Å². The topological polar surface area (TPSA) is 71.8 Å². The number of H-pyrrole nitrogens is 1. The van der Waals surface area contributed by atoms with Crippen molar-refractivity contribution in [3.05, 3.63) is 83.5 Å². The number of hydrogen-bond acceptors (Lipinski definition) is 4. The van der Waals surface area contributed by atoms with E-state index in [1.807, 2.05) is 54.6 Å². The molecule has 0 bridgehead atoms. The lowest BCUT2D eigenvalue weighted by atomic mass is 9.98. The second-order valence-electron chi connectivity index (χ2n) is 6.02. The molecular formula is C21H13N3O2. The molecule has 1 N–H and O–H groups in total. The minimum absolute atomic E-state index is 0.0622.